The first kappa shape index (κ1) is 15.1. The van der Waals surface area contributed by atoms with Crippen molar-refractivity contribution < 1.29 is 24.2 Å². The van der Waals surface area contributed by atoms with Crippen molar-refractivity contribution in [3.8, 4) is 0 Å². The number of methoxy groups -OCH3 is 2. The van der Waals surface area contributed by atoms with E-state index in [-0.39, 0.29) is 18.2 Å². The van der Waals surface area contributed by atoms with Gasteiger partial charge in [-0.05, 0) is 12.8 Å². The molecule has 0 bridgehead atoms. The first-order valence-corrected chi connectivity index (χ1v) is 6.89. The summed E-state index contributed by atoms with van der Waals surface area (Å²) in [7, 11) is 3.21. The van der Waals surface area contributed by atoms with Gasteiger partial charge in [0.05, 0.1) is 19.0 Å². The average molecular weight is 286 g/mol. The molecule has 0 aromatic heterocycles. The third-order valence-corrected chi connectivity index (χ3v) is 4.13. The minimum Gasteiger partial charge on any atom is -0.481 e. The second-order valence-electron chi connectivity index (χ2n) is 5.36. The smallest absolute Gasteiger partial charge is 0.320 e. The van der Waals surface area contributed by atoms with Crippen LogP contribution in [0, 0.1) is 5.92 Å². The summed E-state index contributed by atoms with van der Waals surface area (Å²) in [6, 6.07) is -0.113. The summed E-state index contributed by atoms with van der Waals surface area (Å²) in [5.74, 6) is -1.28. The number of nitrogens with zero attached hydrogens (tertiary/aromatic N) is 2. The molecule has 7 nitrogen and oxygen atoms in total. The molecule has 2 aliphatic rings. The van der Waals surface area contributed by atoms with Crippen molar-refractivity contribution in [2.75, 3.05) is 40.4 Å². The molecule has 1 N–H and O–H groups in total. The van der Waals surface area contributed by atoms with Gasteiger partial charge >= 0.3 is 12.0 Å². The molecular formula is C13H22N2O5. The molecule has 2 unspecified atom stereocenters. The minimum absolute atomic E-state index is 0.113. The molecule has 3 atom stereocenters. The average Bonchev–Trinajstić information content (AvgIpc) is 2.89. The van der Waals surface area contributed by atoms with Crippen molar-refractivity contribution in [3.63, 3.8) is 0 Å². The van der Waals surface area contributed by atoms with Crippen LogP contribution in [0.4, 0.5) is 4.79 Å². The maximum atomic E-state index is 12.4. The van der Waals surface area contributed by atoms with Gasteiger partial charge in [0.15, 0.2) is 0 Å². The van der Waals surface area contributed by atoms with Gasteiger partial charge in [0.25, 0.3) is 0 Å². The molecular weight excluding hydrogens is 264 g/mol. The second kappa shape index (κ2) is 6.41. The third-order valence-electron chi connectivity index (χ3n) is 4.13. The number of hydrogen-bond acceptors (Lipinski definition) is 4. The molecule has 0 radical (unpaired) electrons. The zero-order chi connectivity index (χ0) is 14.7. The molecule has 0 aromatic carbocycles. The molecule has 0 aromatic rings. The number of carboxylic acids is 1. The standard InChI is InChI=1S/C13H22N2O5/c1-19-10-7-15(8-11(10)20-2)13(18)14-5-3-4-9(6-14)12(16)17/h9-11H,3-8H2,1-2H3,(H,16,17)/t9-,10?,11?/m0/s1. The van der Waals surface area contributed by atoms with Crippen LogP contribution in [0.5, 0.6) is 0 Å². The Morgan fingerprint density at radius 1 is 1.05 bits per heavy atom. The van der Waals surface area contributed by atoms with Gasteiger partial charge < -0.3 is 24.4 Å². The van der Waals surface area contributed by atoms with Gasteiger partial charge in [-0.25, -0.2) is 4.79 Å². The maximum Gasteiger partial charge on any atom is 0.320 e. The number of carboxylic acid groups (broad SMARTS) is 1. The Hall–Kier alpha value is -1.34. The van der Waals surface area contributed by atoms with E-state index in [1.807, 2.05) is 0 Å². The number of piperidine rings is 1. The number of amides is 2. The first-order valence-electron chi connectivity index (χ1n) is 6.89. The Kier molecular flexibility index (Phi) is 4.82. The normalized spacial score (nSPS) is 30.6. The molecule has 7 heteroatoms. The number of urea groups is 1. The Labute approximate surface area is 118 Å². The predicted molar refractivity (Wildman–Crippen MR) is 70.5 cm³/mol. The van der Waals surface area contributed by atoms with Crippen LogP contribution < -0.4 is 0 Å². The first-order chi connectivity index (χ1) is 9.56. The maximum absolute atomic E-state index is 12.4. The van der Waals surface area contributed by atoms with Crippen LogP contribution in [-0.4, -0.2) is 79.5 Å². The van der Waals surface area contributed by atoms with Gasteiger partial charge in [-0.1, -0.05) is 0 Å². The fourth-order valence-corrected chi connectivity index (χ4v) is 2.91. The van der Waals surface area contributed by atoms with Crippen LogP contribution in [0.15, 0.2) is 0 Å². The second-order valence-corrected chi connectivity index (χ2v) is 5.36. The summed E-state index contributed by atoms with van der Waals surface area (Å²) in [5.41, 5.74) is 0. The van der Waals surface area contributed by atoms with E-state index in [1.165, 1.54) is 0 Å². The lowest BCUT2D eigenvalue weighted by Gasteiger charge is -2.33. The zero-order valence-electron chi connectivity index (χ0n) is 11.9. The van der Waals surface area contributed by atoms with Crippen LogP contribution >= 0.6 is 0 Å². The Morgan fingerprint density at radius 2 is 1.65 bits per heavy atom. The van der Waals surface area contributed by atoms with Gasteiger partial charge in [-0.15, -0.1) is 0 Å². The van der Waals surface area contributed by atoms with Gasteiger partial charge in [0.2, 0.25) is 0 Å². The highest BCUT2D eigenvalue weighted by Gasteiger charge is 2.38. The van der Waals surface area contributed by atoms with E-state index in [9.17, 15) is 9.59 Å². The lowest BCUT2D eigenvalue weighted by molar-refractivity contribution is -0.143. The molecule has 0 aliphatic carbocycles. The number of carbonyl (C=O) groups is 2. The summed E-state index contributed by atoms with van der Waals surface area (Å²) in [4.78, 5) is 26.8. The third kappa shape index (κ3) is 3.04. The lowest BCUT2D eigenvalue weighted by Crippen LogP contribution is -2.48. The quantitative estimate of drug-likeness (QED) is 0.804. The minimum atomic E-state index is -0.826. The van der Waals surface area contributed by atoms with Gasteiger partial charge in [-0.3, -0.25) is 4.79 Å². The zero-order valence-corrected chi connectivity index (χ0v) is 11.9. The van der Waals surface area contributed by atoms with E-state index in [4.69, 9.17) is 14.6 Å². The topological polar surface area (TPSA) is 79.3 Å². The van der Waals surface area contributed by atoms with E-state index in [0.29, 0.717) is 32.6 Å². The SMILES string of the molecule is COC1CN(C(=O)N2CCC[C@H](C(=O)O)C2)CC1OC. The van der Waals surface area contributed by atoms with E-state index in [1.54, 1.807) is 24.0 Å². The number of hydrogen-bond donors (Lipinski definition) is 1. The Bertz CT molecular complexity index is 364. The van der Waals surface area contributed by atoms with E-state index in [0.717, 1.165) is 6.42 Å². The monoisotopic (exact) mass is 286 g/mol. The molecule has 20 heavy (non-hydrogen) atoms. The van der Waals surface area contributed by atoms with E-state index in [2.05, 4.69) is 0 Å². The molecule has 2 aliphatic heterocycles. The highest BCUT2D eigenvalue weighted by atomic mass is 16.5. The van der Waals surface area contributed by atoms with Crippen molar-refractivity contribution in [3.05, 3.63) is 0 Å². The number of rotatable bonds is 3. The summed E-state index contributed by atoms with van der Waals surface area (Å²) >= 11 is 0. The van der Waals surface area contributed by atoms with Crippen LogP contribution in [-0.2, 0) is 14.3 Å². The van der Waals surface area contributed by atoms with Crippen LogP contribution in [0.3, 0.4) is 0 Å². The van der Waals surface area contributed by atoms with Crippen LogP contribution in [0.1, 0.15) is 12.8 Å². The largest absolute Gasteiger partial charge is 0.481 e. The van der Waals surface area contributed by atoms with Crippen molar-refractivity contribution in [1.29, 1.82) is 0 Å². The summed E-state index contributed by atoms with van der Waals surface area (Å²) in [5, 5.41) is 9.07. The van der Waals surface area contributed by atoms with Gasteiger partial charge in [-0.2, -0.15) is 0 Å². The van der Waals surface area contributed by atoms with Crippen LogP contribution in [0.25, 0.3) is 0 Å². The Balaban J connectivity index is 1.96. The molecule has 114 valence electrons. The molecule has 0 saturated carbocycles. The van der Waals surface area contributed by atoms with Crippen molar-refractivity contribution >= 4 is 12.0 Å². The predicted octanol–water partition coefficient (Wildman–Crippen LogP) is 0.249. The number of aliphatic carboxylic acids is 1. The van der Waals surface area contributed by atoms with Gasteiger partial charge in [0, 0.05) is 27.3 Å². The highest BCUT2D eigenvalue weighted by molar-refractivity contribution is 5.77. The van der Waals surface area contributed by atoms with Crippen molar-refractivity contribution in [1.82, 2.24) is 9.80 Å². The van der Waals surface area contributed by atoms with E-state index < -0.39 is 11.9 Å². The molecule has 0 spiro atoms. The van der Waals surface area contributed by atoms with Gasteiger partial charge in [0.1, 0.15) is 12.2 Å². The number of ether oxygens (including phenoxy) is 2. The lowest BCUT2D eigenvalue weighted by atomic mass is 9.99. The molecule has 2 heterocycles. The summed E-state index contributed by atoms with van der Waals surface area (Å²) in [6.45, 7) is 1.89. The fourth-order valence-electron chi connectivity index (χ4n) is 2.91. The highest BCUT2D eigenvalue weighted by Crippen LogP contribution is 2.21. The summed E-state index contributed by atoms with van der Waals surface area (Å²) in [6.07, 6.45) is 1.13. The van der Waals surface area contributed by atoms with Crippen molar-refractivity contribution in [2.45, 2.75) is 25.0 Å². The van der Waals surface area contributed by atoms with E-state index >= 15 is 0 Å². The summed E-state index contributed by atoms with van der Waals surface area (Å²) < 4.78 is 10.6. The number of carbonyl (C=O) groups excluding carboxylic acids is 1. The van der Waals surface area contributed by atoms with Crippen LogP contribution in [0.2, 0.25) is 0 Å². The van der Waals surface area contributed by atoms with Crippen molar-refractivity contribution in [2.24, 2.45) is 5.92 Å². The number of likely N-dealkylation sites (tertiary alicyclic amines) is 2. The fraction of sp³-hybridized carbons (Fsp3) is 0.846. The molecule has 2 fully saturated rings. The molecule has 2 rings (SSSR count). The Morgan fingerprint density at radius 3 is 2.15 bits per heavy atom. The molecule has 2 amide bonds. The molecule has 2 saturated heterocycles.